The van der Waals surface area contributed by atoms with Crippen LogP contribution >= 0.6 is 0 Å². The summed E-state index contributed by atoms with van der Waals surface area (Å²) >= 11 is 0. The van der Waals surface area contributed by atoms with Gasteiger partial charge in [0, 0.05) is 18.3 Å². The number of rotatable bonds is 4. The van der Waals surface area contributed by atoms with Gasteiger partial charge in [-0.25, -0.2) is 4.68 Å². The van der Waals surface area contributed by atoms with Crippen molar-refractivity contribution >= 4 is 23.2 Å². The predicted molar refractivity (Wildman–Crippen MR) is 78.8 cm³/mol. The molecule has 0 atom stereocenters. The summed E-state index contributed by atoms with van der Waals surface area (Å²) in [6, 6.07) is 8.63. The first-order chi connectivity index (χ1) is 10.5. The molecular weight excluding hydrogens is 284 g/mol. The highest BCUT2D eigenvalue weighted by Crippen LogP contribution is 2.13. The van der Waals surface area contributed by atoms with Gasteiger partial charge in [-0.05, 0) is 31.2 Å². The van der Waals surface area contributed by atoms with Gasteiger partial charge in [-0.3, -0.25) is 9.59 Å². The molecule has 0 fully saturated rings. The van der Waals surface area contributed by atoms with E-state index in [2.05, 4.69) is 20.9 Å². The molecule has 1 aromatic heterocycles. The number of benzene rings is 1. The van der Waals surface area contributed by atoms with Crippen molar-refractivity contribution in [3.63, 3.8) is 0 Å². The summed E-state index contributed by atoms with van der Waals surface area (Å²) in [5.41, 5.74) is 1.99. The van der Waals surface area contributed by atoms with E-state index in [9.17, 15) is 9.59 Å². The van der Waals surface area contributed by atoms with Gasteiger partial charge in [0.2, 0.25) is 11.8 Å². The predicted octanol–water partition coefficient (Wildman–Crippen LogP) is 1.06. The molecule has 8 nitrogen and oxygen atoms in total. The maximum Gasteiger partial charge on any atom is 0.246 e. The summed E-state index contributed by atoms with van der Waals surface area (Å²) in [6.45, 7) is 3.06. The Hall–Kier alpha value is -3.21. The lowest BCUT2D eigenvalue weighted by Gasteiger charge is -2.07. The first-order valence-corrected chi connectivity index (χ1v) is 6.47. The number of amides is 2. The number of hydrogen-bond acceptors (Lipinski definition) is 5. The molecule has 1 aromatic carbocycles. The number of carbonyl (C=O) groups excluding carboxylic acids is 2. The summed E-state index contributed by atoms with van der Waals surface area (Å²) in [6.07, 6.45) is 0. The van der Waals surface area contributed by atoms with Crippen LogP contribution in [0.3, 0.4) is 0 Å². The average molecular weight is 298 g/mol. The molecule has 0 aliphatic carbocycles. The normalized spacial score (nSPS) is 9.86. The van der Waals surface area contributed by atoms with Gasteiger partial charge in [0.1, 0.15) is 12.6 Å². The monoisotopic (exact) mass is 298 g/mol. The van der Waals surface area contributed by atoms with Gasteiger partial charge in [0.05, 0.1) is 5.69 Å². The van der Waals surface area contributed by atoms with E-state index >= 15 is 0 Å². The fraction of sp³-hybridized carbons (Fsp3) is 0.214. The highest BCUT2D eigenvalue weighted by molar-refractivity contribution is 5.92. The fourth-order valence-electron chi connectivity index (χ4n) is 1.79. The van der Waals surface area contributed by atoms with E-state index in [0.717, 1.165) is 0 Å². The van der Waals surface area contributed by atoms with Gasteiger partial charge in [-0.15, -0.1) is 5.10 Å². The molecule has 22 heavy (non-hydrogen) atoms. The maximum atomic E-state index is 11.9. The van der Waals surface area contributed by atoms with Crippen LogP contribution in [0.15, 0.2) is 24.3 Å². The van der Waals surface area contributed by atoms with E-state index in [0.29, 0.717) is 17.1 Å². The van der Waals surface area contributed by atoms with Crippen LogP contribution in [0.2, 0.25) is 0 Å². The molecule has 0 saturated carbocycles. The summed E-state index contributed by atoms with van der Waals surface area (Å²) in [5.74, 6) is -0.448. The second-order valence-electron chi connectivity index (χ2n) is 4.60. The van der Waals surface area contributed by atoms with Crippen molar-refractivity contribution in [1.82, 2.24) is 15.0 Å². The van der Waals surface area contributed by atoms with Crippen LogP contribution in [-0.4, -0.2) is 26.8 Å². The zero-order chi connectivity index (χ0) is 16.1. The number of nitrogens with one attached hydrogen (secondary N) is 2. The first-order valence-electron chi connectivity index (χ1n) is 6.47. The summed E-state index contributed by atoms with van der Waals surface area (Å²) in [7, 11) is 0. The van der Waals surface area contributed by atoms with Crippen molar-refractivity contribution < 1.29 is 9.59 Å². The van der Waals surface area contributed by atoms with Gasteiger partial charge in [0.25, 0.3) is 0 Å². The maximum absolute atomic E-state index is 11.9. The fourth-order valence-corrected chi connectivity index (χ4v) is 1.79. The summed E-state index contributed by atoms with van der Waals surface area (Å²) < 4.78 is 1.36. The highest BCUT2D eigenvalue weighted by Gasteiger charge is 2.11. The van der Waals surface area contributed by atoms with Gasteiger partial charge in [0.15, 0.2) is 5.69 Å². The van der Waals surface area contributed by atoms with Crippen LogP contribution < -0.4 is 10.6 Å². The number of nitriles is 1. The van der Waals surface area contributed by atoms with Gasteiger partial charge < -0.3 is 10.6 Å². The lowest BCUT2D eigenvalue weighted by atomic mass is 10.2. The van der Waals surface area contributed by atoms with E-state index in [1.165, 1.54) is 11.6 Å². The first kappa shape index (κ1) is 15.2. The minimum absolute atomic E-state index is 0.0338. The molecule has 8 heteroatoms. The second kappa shape index (κ2) is 6.49. The van der Waals surface area contributed by atoms with Crippen molar-refractivity contribution in [1.29, 1.82) is 5.26 Å². The lowest BCUT2D eigenvalue weighted by molar-refractivity contribution is -0.117. The Bertz CT molecular complexity index is 742. The topological polar surface area (TPSA) is 113 Å². The molecule has 2 rings (SSSR count). The van der Waals surface area contributed by atoms with Gasteiger partial charge >= 0.3 is 0 Å². The molecule has 0 bridgehead atoms. The molecule has 2 aromatic rings. The summed E-state index contributed by atoms with van der Waals surface area (Å²) in [5, 5.41) is 21.5. The van der Waals surface area contributed by atoms with Crippen LogP contribution in [0.1, 0.15) is 18.3 Å². The van der Waals surface area contributed by atoms with Crippen LogP contribution in [0.4, 0.5) is 11.4 Å². The molecular formula is C14H14N6O2. The molecule has 0 aliphatic rings. The highest BCUT2D eigenvalue weighted by atomic mass is 16.2. The molecule has 0 unspecified atom stereocenters. The van der Waals surface area contributed by atoms with Crippen molar-refractivity contribution in [2.75, 3.05) is 10.6 Å². The van der Waals surface area contributed by atoms with E-state index in [1.807, 2.05) is 6.07 Å². The minimum Gasteiger partial charge on any atom is -0.326 e. The third kappa shape index (κ3) is 3.67. The molecule has 112 valence electrons. The quantitative estimate of drug-likeness (QED) is 0.876. The van der Waals surface area contributed by atoms with Crippen LogP contribution in [0, 0.1) is 18.3 Å². The van der Waals surface area contributed by atoms with Crippen molar-refractivity contribution in [3.8, 4) is 6.07 Å². The largest absolute Gasteiger partial charge is 0.326 e. The third-order valence-electron chi connectivity index (χ3n) is 2.87. The standard InChI is InChI=1S/C14H14N6O2/c1-9-13(7-15)18-19-20(9)8-14(22)17-12-5-3-11(4-6-12)16-10(2)21/h3-6H,8H2,1-2H3,(H,16,21)(H,17,22). The molecule has 0 saturated heterocycles. The molecule has 2 N–H and O–H groups in total. The number of aromatic nitrogens is 3. The molecule has 0 spiro atoms. The molecule has 0 radical (unpaired) electrons. The van der Waals surface area contributed by atoms with E-state index in [-0.39, 0.29) is 24.1 Å². The van der Waals surface area contributed by atoms with Crippen molar-refractivity contribution in [2.45, 2.75) is 20.4 Å². The second-order valence-corrected chi connectivity index (χ2v) is 4.60. The zero-order valence-electron chi connectivity index (χ0n) is 12.1. The SMILES string of the molecule is CC(=O)Nc1ccc(NC(=O)Cn2nnc(C#N)c2C)cc1. The Morgan fingerprint density at radius 2 is 1.82 bits per heavy atom. The number of nitrogens with zero attached hydrogens (tertiary/aromatic N) is 4. The van der Waals surface area contributed by atoms with E-state index < -0.39 is 0 Å². The molecule has 0 aliphatic heterocycles. The third-order valence-corrected chi connectivity index (χ3v) is 2.87. The van der Waals surface area contributed by atoms with Crippen molar-refractivity contribution in [3.05, 3.63) is 35.7 Å². The minimum atomic E-state index is -0.287. The van der Waals surface area contributed by atoms with Gasteiger partial charge in [-0.1, -0.05) is 5.21 Å². The Kier molecular flexibility index (Phi) is 4.48. The number of anilines is 2. The van der Waals surface area contributed by atoms with Crippen LogP contribution in [0.25, 0.3) is 0 Å². The average Bonchev–Trinajstić information content (AvgIpc) is 2.81. The molecule has 1 heterocycles. The Balaban J connectivity index is 1.98. The smallest absolute Gasteiger partial charge is 0.246 e. The molecule has 2 amide bonds. The Labute approximate surface area is 126 Å². The van der Waals surface area contributed by atoms with Gasteiger partial charge in [-0.2, -0.15) is 5.26 Å². The van der Waals surface area contributed by atoms with E-state index in [1.54, 1.807) is 31.2 Å². The zero-order valence-corrected chi connectivity index (χ0v) is 12.1. The Morgan fingerprint density at radius 1 is 1.23 bits per heavy atom. The van der Waals surface area contributed by atoms with Crippen LogP contribution in [0.5, 0.6) is 0 Å². The van der Waals surface area contributed by atoms with Crippen molar-refractivity contribution in [2.24, 2.45) is 0 Å². The lowest BCUT2D eigenvalue weighted by Crippen LogP contribution is -2.20. The van der Waals surface area contributed by atoms with Crippen LogP contribution in [-0.2, 0) is 16.1 Å². The van der Waals surface area contributed by atoms with E-state index in [4.69, 9.17) is 5.26 Å². The summed E-state index contributed by atoms with van der Waals surface area (Å²) in [4.78, 5) is 22.9. The Morgan fingerprint density at radius 3 is 2.32 bits per heavy atom. The number of hydrogen-bond donors (Lipinski definition) is 2. The number of carbonyl (C=O) groups is 2.